The summed E-state index contributed by atoms with van der Waals surface area (Å²) < 4.78 is 5.56. The van der Waals surface area contributed by atoms with E-state index in [0.29, 0.717) is 11.1 Å². The lowest BCUT2D eigenvalue weighted by atomic mass is 10.0. The van der Waals surface area contributed by atoms with Crippen LogP contribution in [0.15, 0.2) is 39.5 Å². The smallest absolute Gasteiger partial charge is 0.339 e. The lowest BCUT2D eigenvalue weighted by Crippen LogP contribution is -2.05. The maximum atomic E-state index is 12.0. The summed E-state index contributed by atoms with van der Waals surface area (Å²) in [6.45, 7) is 5.85. The minimum Gasteiger partial charge on any atom is -0.420 e. The molecule has 2 heterocycles. The predicted octanol–water partition coefficient (Wildman–Crippen LogP) is 4.35. The van der Waals surface area contributed by atoms with Gasteiger partial charge in [0.15, 0.2) is 5.58 Å². The average Bonchev–Trinajstić information content (AvgIpc) is 2.83. The Morgan fingerprint density at radius 1 is 0.905 bits per heavy atom. The largest absolute Gasteiger partial charge is 0.420 e. The van der Waals surface area contributed by atoms with Gasteiger partial charge in [0.2, 0.25) is 0 Å². The lowest BCUT2D eigenvalue weighted by Gasteiger charge is -2.04. The van der Waals surface area contributed by atoms with Crippen molar-refractivity contribution in [2.45, 2.75) is 20.8 Å². The topological polar surface area (TPSA) is 46.0 Å². The van der Waals surface area contributed by atoms with Crippen molar-refractivity contribution in [2.24, 2.45) is 0 Å². The molecule has 2 aromatic heterocycles. The Kier molecular flexibility index (Phi) is 2.31. The molecule has 0 radical (unpaired) electrons. The maximum absolute atomic E-state index is 12.0. The molecule has 0 aliphatic rings. The fraction of sp³-hybridized carbons (Fsp3) is 0.167. The van der Waals surface area contributed by atoms with Gasteiger partial charge in [0.25, 0.3) is 0 Å². The van der Waals surface area contributed by atoms with Crippen LogP contribution in [0, 0.1) is 20.8 Å². The highest BCUT2D eigenvalue weighted by molar-refractivity contribution is 6.15. The van der Waals surface area contributed by atoms with Crippen molar-refractivity contribution in [2.75, 3.05) is 0 Å². The SMILES string of the molecule is Cc1ccc2[nH]c3c(ccc4c(C)c(C)c(=O)oc43)c2c1. The van der Waals surface area contributed by atoms with Crippen LogP contribution in [0.4, 0.5) is 0 Å². The van der Waals surface area contributed by atoms with Gasteiger partial charge in [-0.1, -0.05) is 23.8 Å². The zero-order valence-corrected chi connectivity index (χ0v) is 12.2. The second-order valence-electron chi connectivity index (χ2n) is 5.68. The van der Waals surface area contributed by atoms with E-state index in [1.807, 2.05) is 13.0 Å². The summed E-state index contributed by atoms with van der Waals surface area (Å²) in [7, 11) is 0. The standard InChI is InChI=1S/C18H15NO2/c1-9-4-7-15-14(8-9)13-6-5-12-10(2)11(3)18(20)21-17(12)16(13)19-15/h4-8,19H,1-3H3. The highest BCUT2D eigenvalue weighted by atomic mass is 16.4. The van der Waals surface area contributed by atoms with Gasteiger partial charge in [-0.15, -0.1) is 0 Å². The number of aromatic amines is 1. The van der Waals surface area contributed by atoms with Crippen LogP contribution >= 0.6 is 0 Å². The molecule has 4 rings (SSSR count). The molecule has 1 N–H and O–H groups in total. The highest BCUT2D eigenvalue weighted by Crippen LogP contribution is 2.32. The number of aryl methyl sites for hydroxylation is 2. The Hall–Kier alpha value is -2.55. The lowest BCUT2D eigenvalue weighted by molar-refractivity contribution is 0.556. The van der Waals surface area contributed by atoms with Gasteiger partial charge in [-0.25, -0.2) is 4.79 Å². The first-order valence-electron chi connectivity index (χ1n) is 7.01. The van der Waals surface area contributed by atoms with E-state index in [4.69, 9.17) is 4.42 Å². The number of aromatic nitrogens is 1. The van der Waals surface area contributed by atoms with Crippen LogP contribution in [0.1, 0.15) is 16.7 Å². The van der Waals surface area contributed by atoms with Crippen molar-refractivity contribution in [3.63, 3.8) is 0 Å². The molecule has 0 aliphatic carbocycles. The molecular weight excluding hydrogens is 262 g/mol. The van der Waals surface area contributed by atoms with Crippen molar-refractivity contribution in [1.29, 1.82) is 0 Å². The summed E-state index contributed by atoms with van der Waals surface area (Å²) in [5, 5.41) is 3.24. The number of benzene rings is 2. The number of hydrogen-bond donors (Lipinski definition) is 1. The number of hydrogen-bond acceptors (Lipinski definition) is 2. The second-order valence-corrected chi connectivity index (χ2v) is 5.68. The van der Waals surface area contributed by atoms with Crippen LogP contribution in [0.3, 0.4) is 0 Å². The summed E-state index contributed by atoms with van der Waals surface area (Å²) in [5.74, 6) is 0. The number of nitrogens with one attached hydrogen (secondary N) is 1. The number of fused-ring (bicyclic) bond motifs is 5. The van der Waals surface area contributed by atoms with E-state index in [9.17, 15) is 4.79 Å². The summed E-state index contributed by atoms with van der Waals surface area (Å²) in [6, 6.07) is 10.4. The molecule has 0 saturated heterocycles. The molecular formula is C18H15NO2. The van der Waals surface area contributed by atoms with Crippen molar-refractivity contribution >= 4 is 32.8 Å². The molecule has 104 valence electrons. The van der Waals surface area contributed by atoms with Crippen LogP contribution < -0.4 is 5.63 Å². The fourth-order valence-electron chi connectivity index (χ4n) is 2.98. The minimum atomic E-state index is -0.262. The Labute approximate surface area is 121 Å². The van der Waals surface area contributed by atoms with Crippen LogP contribution in [-0.4, -0.2) is 4.98 Å². The Bertz CT molecular complexity index is 1080. The molecule has 2 aromatic carbocycles. The molecule has 0 saturated carbocycles. The van der Waals surface area contributed by atoms with Crippen molar-refractivity contribution in [1.82, 2.24) is 4.98 Å². The van der Waals surface area contributed by atoms with E-state index >= 15 is 0 Å². The first kappa shape index (κ1) is 12.2. The van der Waals surface area contributed by atoms with Crippen LogP contribution in [-0.2, 0) is 0 Å². The molecule has 0 fully saturated rings. The fourth-order valence-corrected chi connectivity index (χ4v) is 2.98. The third-order valence-electron chi connectivity index (χ3n) is 4.35. The van der Waals surface area contributed by atoms with Crippen molar-refractivity contribution in [3.05, 3.63) is 57.4 Å². The van der Waals surface area contributed by atoms with Gasteiger partial charge in [0.05, 0.1) is 5.52 Å². The summed E-state index contributed by atoms with van der Waals surface area (Å²) in [6.07, 6.45) is 0. The van der Waals surface area contributed by atoms with E-state index in [1.165, 1.54) is 5.56 Å². The molecule has 0 unspecified atom stereocenters. The van der Waals surface area contributed by atoms with Gasteiger partial charge in [0.1, 0.15) is 0 Å². The third kappa shape index (κ3) is 1.57. The molecule has 3 nitrogen and oxygen atoms in total. The van der Waals surface area contributed by atoms with Gasteiger partial charge >= 0.3 is 5.63 Å². The normalized spacial score (nSPS) is 11.8. The van der Waals surface area contributed by atoms with Gasteiger partial charge < -0.3 is 9.40 Å². The van der Waals surface area contributed by atoms with Crippen LogP contribution in [0.2, 0.25) is 0 Å². The number of H-pyrrole nitrogens is 1. The van der Waals surface area contributed by atoms with E-state index < -0.39 is 0 Å². The molecule has 0 atom stereocenters. The molecule has 0 spiro atoms. The maximum Gasteiger partial charge on any atom is 0.339 e. The Morgan fingerprint density at radius 2 is 1.67 bits per heavy atom. The Morgan fingerprint density at radius 3 is 2.48 bits per heavy atom. The molecule has 0 bridgehead atoms. The second kappa shape index (κ2) is 3.98. The summed E-state index contributed by atoms with van der Waals surface area (Å²) in [4.78, 5) is 15.4. The molecule has 0 amide bonds. The van der Waals surface area contributed by atoms with E-state index in [2.05, 4.69) is 36.2 Å². The number of rotatable bonds is 0. The zero-order chi connectivity index (χ0) is 14.7. The Balaban J connectivity index is 2.29. The third-order valence-corrected chi connectivity index (χ3v) is 4.35. The quantitative estimate of drug-likeness (QED) is 0.486. The van der Waals surface area contributed by atoms with Gasteiger partial charge in [-0.3, -0.25) is 0 Å². The predicted molar refractivity (Wildman–Crippen MR) is 86.1 cm³/mol. The van der Waals surface area contributed by atoms with Crippen molar-refractivity contribution in [3.8, 4) is 0 Å². The average molecular weight is 277 g/mol. The van der Waals surface area contributed by atoms with Gasteiger partial charge in [-0.05, 0) is 38.5 Å². The van der Waals surface area contributed by atoms with Gasteiger partial charge in [-0.2, -0.15) is 0 Å². The summed E-state index contributed by atoms with van der Waals surface area (Å²) in [5.41, 5.74) is 5.21. The first-order chi connectivity index (χ1) is 10.1. The first-order valence-corrected chi connectivity index (χ1v) is 7.01. The van der Waals surface area contributed by atoms with Crippen LogP contribution in [0.5, 0.6) is 0 Å². The van der Waals surface area contributed by atoms with Crippen LogP contribution in [0.25, 0.3) is 32.8 Å². The van der Waals surface area contributed by atoms with E-state index in [1.54, 1.807) is 6.92 Å². The van der Waals surface area contributed by atoms with Gasteiger partial charge in [0, 0.05) is 27.2 Å². The molecule has 21 heavy (non-hydrogen) atoms. The van der Waals surface area contributed by atoms with E-state index in [0.717, 1.165) is 32.8 Å². The molecule has 4 aromatic rings. The highest BCUT2D eigenvalue weighted by Gasteiger charge is 2.13. The van der Waals surface area contributed by atoms with Crippen molar-refractivity contribution < 1.29 is 4.42 Å². The summed E-state index contributed by atoms with van der Waals surface area (Å²) >= 11 is 0. The molecule has 3 heteroatoms. The minimum absolute atomic E-state index is 0.262. The monoisotopic (exact) mass is 277 g/mol. The molecule has 0 aliphatic heterocycles. The van der Waals surface area contributed by atoms with E-state index in [-0.39, 0.29) is 5.63 Å². The zero-order valence-electron chi connectivity index (χ0n) is 12.2.